The van der Waals surface area contributed by atoms with Gasteiger partial charge in [0.05, 0.1) is 0 Å². The first-order chi connectivity index (χ1) is 7.92. The van der Waals surface area contributed by atoms with Crippen LogP contribution >= 0.6 is 11.8 Å². The molecule has 0 radical (unpaired) electrons. The van der Waals surface area contributed by atoms with Gasteiger partial charge in [-0.05, 0) is 68.0 Å². The zero-order chi connectivity index (χ0) is 10.8. The third-order valence-electron chi connectivity index (χ3n) is 3.72. The van der Waals surface area contributed by atoms with E-state index in [-0.39, 0.29) is 0 Å². The summed E-state index contributed by atoms with van der Waals surface area (Å²) in [7, 11) is 0. The molecule has 1 aromatic rings. The third-order valence-corrected chi connectivity index (χ3v) is 4.94. The van der Waals surface area contributed by atoms with Crippen LogP contribution in [-0.2, 0) is 12.8 Å². The van der Waals surface area contributed by atoms with Crippen molar-refractivity contribution in [3.63, 3.8) is 0 Å². The standard InChI is InChI=1S/C14H19NS/c1-2-12-4-5-14(8-13(12)3-1)16-10-11-6-7-15-9-11/h4-5,8,11,15H,1-3,6-7,9-10H2. The van der Waals surface area contributed by atoms with E-state index >= 15 is 0 Å². The highest BCUT2D eigenvalue weighted by Gasteiger charge is 2.15. The lowest BCUT2D eigenvalue weighted by molar-refractivity contribution is 0.662. The van der Waals surface area contributed by atoms with Gasteiger partial charge in [-0.25, -0.2) is 0 Å². The fourth-order valence-electron chi connectivity index (χ4n) is 2.71. The average Bonchev–Trinajstić information content (AvgIpc) is 2.97. The molecule has 1 aliphatic heterocycles. The molecule has 0 amide bonds. The van der Waals surface area contributed by atoms with Gasteiger partial charge >= 0.3 is 0 Å². The topological polar surface area (TPSA) is 12.0 Å². The number of aryl methyl sites for hydroxylation is 2. The summed E-state index contributed by atoms with van der Waals surface area (Å²) in [5.74, 6) is 2.17. The Morgan fingerprint density at radius 2 is 2.19 bits per heavy atom. The van der Waals surface area contributed by atoms with Crippen molar-refractivity contribution in [3.8, 4) is 0 Å². The van der Waals surface area contributed by atoms with Crippen LogP contribution in [0.2, 0.25) is 0 Å². The Labute approximate surface area is 102 Å². The highest BCUT2D eigenvalue weighted by Crippen LogP contribution is 2.29. The molecule has 2 aliphatic rings. The molecule has 1 aliphatic carbocycles. The second-order valence-corrected chi connectivity index (χ2v) is 6.05. The van der Waals surface area contributed by atoms with Gasteiger partial charge in [0.15, 0.2) is 0 Å². The maximum atomic E-state index is 3.44. The van der Waals surface area contributed by atoms with E-state index in [2.05, 4.69) is 23.5 Å². The molecule has 1 atom stereocenters. The molecular formula is C14H19NS. The molecule has 1 aromatic carbocycles. The Bertz CT molecular complexity index is 369. The van der Waals surface area contributed by atoms with Gasteiger partial charge in [0.2, 0.25) is 0 Å². The number of benzene rings is 1. The molecule has 1 unspecified atom stereocenters. The minimum absolute atomic E-state index is 0.887. The zero-order valence-corrected chi connectivity index (χ0v) is 10.5. The fraction of sp³-hybridized carbons (Fsp3) is 0.571. The number of thioether (sulfide) groups is 1. The van der Waals surface area contributed by atoms with Crippen LogP contribution in [0.15, 0.2) is 23.1 Å². The molecule has 2 heteroatoms. The van der Waals surface area contributed by atoms with Gasteiger partial charge < -0.3 is 5.32 Å². The molecule has 3 rings (SSSR count). The van der Waals surface area contributed by atoms with E-state index in [1.165, 1.54) is 49.4 Å². The largest absolute Gasteiger partial charge is 0.316 e. The molecule has 86 valence electrons. The van der Waals surface area contributed by atoms with Crippen molar-refractivity contribution in [2.75, 3.05) is 18.8 Å². The smallest absolute Gasteiger partial charge is 0.00749 e. The van der Waals surface area contributed by atoms with Crippen LogP contribution in [0.4, 0.5) is 0 Å². The van der Waals surface area contributed by atoms with Gasteiger partial charge in [0.1, 0.15) is 0 Å². The maximum Gasteiger partial charge on any atom is 0.00749 e. The predicted molar refractivity (Wildman–Crippen MR) is 70.2 cm³/mol. The van der Waals surface area contributed by atoms with Crippen molar-refractivity contribution in [2.45, 2.75) is 30.6 Å². The highest BCUT2D eigenvalue weighted by atomic mass is 32.2. The monoisotopic (exact) mass is 233 g/mol. The number of fused-ring (bicyclic) bond motifs is 1. The van der Waals surface area contributed by atoms with Crippen molar-refractivity contribution in [1.29, 1.82) is 0 Å². The summed E-state index contributed by atoms with van der Waals surface area (Å²) in [6.45, 7) is 2.44. The zero-order valence-electron chi connectivity index (χ0n) is 9.67. The minimum Gasteiger partial charge on any atom is -0.316 e. The second kappa shape index (κ2) is 4.80. The Kier molecular flexibility index (Phi) is 3.20. The number of hydrogen-bond acceptors (Lipinski definition) is 2. The van der Waals surface area contributed by atoms with Gasteiger partial charge in [-0.1, -0.05) is 6.07 Å². The van der Waals surface area contributed by atoms with Crippen LogP contribution < -0.4 is 5.32 Å². The van der Waals surface area contributed by atoms with Crippen LogP contribution in [0.5, 0.6) is 0 Å². The van der Waals surface area contributed by atoms with Gasteiger partial charge in [0.25, 0.3) is 0 Å². The summed E-state index contributed by atoms with van der Waals surface area (Å²) in [4.78, 5) is 1.48. The quantitative estimate of drug-likeness (QED) is 0.806. The Morgan fingerprint density at radius 3 is 3.06 bits per heavy atom. The highest BCUT2D eigenvalue weighted by molar-refractivity contribution is 7.99. The van der Waals surface area contributed by atoms with E-state index < -0.39 is 0 Å². The molecule has 0 saturated carbocycles. The molecule has 1 nitrogen and oxygen atoms in total. The SMILES string of the molecule is c1cc2c(cc1SCC1CCNC1)CCC2. The summed E-state index contributed by atoms with van der Waals surface area (Å²) < 4.78 is 0. The van der Waals surface area contributed by atoms with Crippen LogP contribution in [0.3, 0.4) is 0 Å². The summed E-state index contributed by atoms with van der Waals surface area (Å²) in [6.07, 6.45) is 5.31. The minimum atomic E-state index is 0.887. The van der Waals surface area contributed by atoms with Crippen molar-refractivity contribution < 1.29 is 0 Å². The van der Waals surface area contributed by atoms with Crippen molar-refractivity contribution in [2.24, 2.45) is 5.92 Å². The lowest BCUT2D eigenvalue weighted by Crippen LogP contribution is -2.10. The van der Waals surface area contributed by atoms with E-state index in [9.17, 15) is 0 Å². The van der Waals surface area contributed by atoms with E-state index in [1.54, 1.807) is 11.1 Å². The summed E-state index contributed by atoms with van der Waals surface area (Å²) >= 11 is 2.04. The van der Waals surface area contributed by atoms with E-state index in [0.717, 1.165) is 5.92 Å². The molecule has 1 heterocycles. The van der Waals surface area contributed by atoms with E-state index in [0.29, 0.717) is 0 Å². The molecular weight excluding hydrogens is 214 g/mol. The Morgan fingerprint density at radius 1 is 1.25 bits per heavy atom. The first-order valence-corrected chi connectivity index (χ1v) is 7.36. The molecule has 0 spiro atoms. The van der Waals surface area contributed by atoms with Gasteiger partial charge in [-0.2, -0.15) is 0 Å². The first-order valence-electron chi connectivity index (χ1n) is 6.37. The van der Waals surface area contributed by atoms with Crippen LogP contribution in [-0.4, -0.2) is 18.8 Å². The lowest BCUT2D eigenvalue weighted by Gasteiger charge is -2.08. The summed E-state index contributed by atoms with van der Waals surface area (Å²) in [5, 5.41) is 3.44. The number of rotatable bonds is 3. The molecule has 1 N–H and O–H groups in total. The van der Waals surface area contributed by atoms with Crippen molar-refractivity contribution in [3.05, 3.63) is 29.3 Å². The maximum absolute atomic E-state index is 3.44. The summed E-state index contributed by atoms with van der Waals surface area (Å²) in [6, 6.07) is 7.09. The van der Waals surface area contributed by atoms with Gasteiger partial charge in [0, 0.05) is 10.6 Å². The van der Waals surface area contributed by atoms with Gasteiger partial charge in [-0.15, -0.1) is 11.8 Å². The Balaban J connectivity index is 1.61. The fourth-order valence-corrected chi connectivity index (χ4v) is 3.81. The van der Waals surface area contributed by atoms with Crippen LogP contribution in [0.25, 0.3) is 0 Å². The summed E-state index contributed by atoms with van der Waals surface area (Å²) in [5.41, 5.74) is 3.20. The normalized spacial score (nSPS) is 23.6. The second-order valence-electron chi connectivity index (χ2n) is 4.95. The molecule has 0 bridgehead atoms. The Hall–Kier alpha value is -0.470. The van der Waals surface area contributed by atoms with E-state index in [1.807, 2.05) is 11.8 Å². The third kappa shape index (κ3) is 2.28. The number of nitrogens with one attached hydrogen (secondary N) is 1. The molecule has 16 heavy (non-hydrogen) atoms. The van der Waals surface area contributed by atoms with Gasteiger partial charge in [-0.3, -0.25) is 0 Å². The van der Waals surface area contributed by atoms with Crippen LogP contribution in [0, 0.1) is 5.92 Å². The molecule has 1 fully saturated rings. The first kappa shape index (κ1) is 10.7. The lowest BCUT2D eigenvalue weighted by atomic mass is 10.1. The van der Waals surface area contributed by atoms with Crippen molar-refractivity contribution in [1.82, 2.24) is 5.32 Å². The average molecular weight is 233 g/mol. The molecule has 1 saturated heterocycles. The molecule has 0 aromatic heterocycles. The number of hydrogen-bond donors (Lipinski definition) is 1. The predicted octanol–water partition coefficient (Wildman–Crippen LogP) is 2.88. The van der Waals surface area contributed by atoms with Crippen LogP contribution in [0.1, 0.15) is 24.0 Å². The van der Waals surface area contributed by atoms with E-state index in [4.69, 9.17) is 0 Å². The van der Waals surface area contributed by atoms with Crippen molar-refractivity contribution >= 4 is 11.8 Å².